The number of nitrogens with one attached hydrogen (secondary N) is 2. The molecule has 26 heavy (non-hydrogen) atoms. The normalized spacial score (nSPS) is 14.4. The van der Waals surface area contributed by atoms with E-state index in [-0.39, 0.29) is 5.91 Å². The topological polar surface area (TPSA) is 70.4 Å². The van der Waals surface area contributed by atoms with Crippen LogP contribution < -0.4 is 21.3 Å². The Morgan fingerprint density at radius 1 is 1.15 bits per heavy atom. The number of hydrogen-bond donors (Lipinski definition) is 3. The molecule has 5 nitrogen and oxygen atoms in total. The summed E-state index contributed by atoms with van der Waals surface area (Å²) in [6.45, 7) is 3.89. The highest BCUT2D eigenvalue weighted by Gasteiger charge is 2.16. The van der Waals surface area contributed by atoms with Crippen LogP contribution >= 0.6 is 22.7 Å². The molecule has 0 unspecified atom stereocenters. The average Bonchev–Trinajstić information content (AvgIpc) is 3.36. The summed E-state index contributed by atoms with van der Waals surface area (Å²) in [6, 6.07) is 13.7. The van der Waals surface area contributed by atoms with Crippen molar-refractivity contribution in [2.24, 2.45) is 0 Å². The third-order valence-electron chi connectivity index (χ3n) is 4.35. The molecule has 1 aliphatic heterocycles. The number of benzene rings is 1. The van der Waals surface area contributed by atoms with Gasteiger partial charge in [-0.05, 0) is 41.3 Å². The standard InChI is InChI=1S/C19H20N4OS2/c20-14-4-3-13(16-2-1-11-25-16)12-15(14)22-19(24)17-5-6-18(26-17)23-9-7-21-8-10-23/h1-6,11-12,21H,7-10,20H2,(H,22,24). The van der Waals surface area contributed by atoms with Crippen LogP contribution in [0.1, 0.15) is 9.67 Å². The molecule has 7 heteroatoms. The van der Waals surface area contributed by atoms with Gasteiger partial charge in [-0.2, -0.15) is 0 Å². The molecule has 134 valence electrons. The fourth-order valence-electron chi connectivity index (χ4n) is 2.95. The maximum absolute atomic E-state index is 12.7. The maximum Gasteiger partial charge on any atom is 0.265 e. The zero-order chi connectivity index (χ0) is 17.9. The number of carbonyl (C=O) groups excluding carboxylic acids is 1. The molecule has 3 heterocycles. The highest BCUT2D eigenvalue weighted by molar-refractivity contribution is 7.18. The van der Waals surface area contributed by atoms with Crippen LogP contribution in [0.25, 0.3) is 10.4 Å². The fourth-order valence-corrected chi connectivity index (χ4v) is 4.63. The van der Waals surface area contributed by atoms with E-state index in [9.17, 15) is 4.79 Å². The van der Waals surface area contributed by atoms with Gasteiger partial charge in [0.1, 0.15) is 0 Å². The molecule has 1 fully saturated rings. The lowest BCUT2D eigenvalue weighted by molar-refractivity contribution is 0.103. The van der Waals surface area contributed by atoms with Crippen molar-refractivity contribution in [3.8, 4) is 10.4 Å². The molecule has 0 spiro atoms. The smallest absolute Gasteiger partial charge is 0.265 e. The van der Waals surface area contributed by atoms with E-state index >= 15 is 0 Å². The number of nitrogens with zero attached hydrogens (tertiary/aromatic N) is 1. The molecule has 3 aromatic rings. The lowest BCUT2D eigenvalue weighted by atomic mass is 10.1. The first kappa shape index (κ1) is 17.1. The average molecular weight is 385 g/mol. The Morgan fingerprint density at radius 2 is 2.00 bits per heavy atom. The van der Waals surface area contributed by atoms with Crippen LogP contribution in [0.2, 0.25) is 0 Å². The molecule has 4 N–H and O–H groups in total. The quantitative estimate of drug-likeness (QED) is 0.600. The zero-order valence-corrected chi connectivity index (χ0v) is 15.8. The number of carbonyl (C=O) groups is 1. The van der Waals surface area contributed by atoms with Crippen molar-refractivity contribution in [1.29, 1.82) is 0 Å². The summed E-state index contributed by atoms with van der Waals surface area (Å²) in [5.74, 6) is -0.119. The highest BCUT2D eigenvalue weighted by Crippen LogP contribution is 2.31. The van der Waals surface area contributed by atoms with E-state index in [0.29, 0.717) is 16.3 Å². The molecule has 1 aliphatic rings. The molecule has 0 radical (unpaired) electrons. The van der Waals surface area contributed by atoms with Gasteiger partial charge in [0.15, 0.2) is 0 Å². The van der Waals surface area contributed by atoms with Crippen molar-refractivity contribution in [2.45, 2.75) is 0 Å². The van der Waals surface area contributed by atoms with Crippen LogP contribution in [0.4, 0.5) is 16.4 Å². The van der Waals surface area contributed by atoms with E-state index in [2.05, 4.69) is 21.6 Å². The summed E-state index contributed by atoms with van der Waals surface area (Å²) in [7, 11) is 0. The lowest BCUT2D eigenvalue weighted by Gasteiger charge is -2.27. The van der Waals surface area contributed by atoms with Gasteiger partial charge in [0.2, 0.25) is 0 Å². The summed E-state index contributed by atoms with van der Waals surface area (Å²) in [6.07, 6.45) is 0. The molecule has 0 atom stereocenters. The minimum Gasteiger partial charge on any atom is -0.397 e. The zero-order valence-electron chi connectivity index (χ0n) is 14.2. The Labute approximate surface area is 160 Å². The van der Waals surface area contributed by atoms with Crippen LogP contribution in [-0.4, -0.2) is 32.1 Å². The van der Waals surface area contributed by atoms with Crippen molar-refractivity contribution in [2.75, 3.05) is 42.1 Å². The maximum atomic E-state index is 12.7. The summed E-state index contributed by atoms with van der Waals surface area (Å²) in [5.41, 5.74) is 8.34. The van der Waals surface area contributed by atoms with Crippen LogP contribution in [-0.2, 0) is 0 Å². The number of nitrogens with two attached hydrogens (primary N) is 1. The van der Waals surface area contributed by atoms with Gasteiger partial charge in [-0.25, -0.2) is 0 Å². The highest BCUT2D eigenvalue weighted by atomic mass is 32.1. The molecule has 0 aliphatic carbocycles. The van der Waals surface area contributed by atoms with Crippen LogP contribution in [0.15, 0.2) is 47.8 Å². The van der Waals surface area contributed by atoms with Crippen molar-refractivity contribution in [3.05, 3.63) is 52.7 Å². The summed E-state index contributed by atoms with van der Waals surface area (Å²) >= 11 is 3.18. The second kappa shape index (κ2) is 7.49. The SMILES string of the molecule is Nc1ccc(-c2cccs2)cc1NC(=O)c1ccc(N2CCNCC2)s1. The van der Waals surface area contributed by atoms with Gasteiger partial charge >= 0.3 is 0 Å². The second-order valence-corrected chi connectivity index (χ2v) is 8.12. The van der Waals surface area contributed by atoms with Crippen LogP contribution in [0, 0.1) is 0 Å². The van der Waals surface area contributed by atoms with Gasteiger partial charge in [-0.15, -0.1) is 22.7 Å². The molecule has 0 saturated carbocycles. The molecule has 2 aromatic heterocycles. The van der Waals surface area contributed by atoms with Crippen molar-refractivity contribution < 1.29 is 4.79 Å². The second-order valence-electron chi connectivity index (χ2n) is 6.11. The van der Waals surface area contributed by atoms with E-state index in [4.69, 9.17) is 5.73 Å². The van der Waals surface area contributed by atoms with Gasteiger partial charge in [-0.1, -0.05) is 12.1 Å². The number of thiophene rings is 2. The lowest BCUT2D eigenvalue weighted by Crippen LogP contribution is -2.43. The molecule has 1 amide bonds. The van der Waals surface area contributed by atoms with Crippen molar-refractivity contribution in [3.63, 3.8) is 0 Å². The van der Waals surface area contributed by atoms with Crippen LogP contribution in [0.5, 0.6) is 0 Å². The summed E-state index contributed by atoms with van der Waals surface area (Å²) < 4.78 is 0. The largest absolute Gasteiger partial charge is 0.397 e. The third-order valence-corrected chi connectivity index (χ3v) is 6.42. The minimum atomic E-state index is -0.119. The Hall–Kier alpha value is -2.35. The Balaban J connectivity index is 1.51. The van der Waals surface area contributed by atoms with E-state index in [0.717, 1.165) is 41.6 Å². The molecule has 4 rings (SSSR count). The van der Waals surface area contributed by atoms with E-state index in [1.54, 1.807) is 11.3 Å². The summed E-state index contributed by atoms with van der Waals surface area (Å²) in [4.78, 5) is 16.8. The van der Waals surface area contributed by atoms with Crippen molar-refractivity contribution in [1.82, 2.24) is 5.32 Å². The third kappa shape index (κ3) is 3.60. The molecular formula is C19H20N4OS2. The Bertz CT molecular complexity index is 898. The molecule has 1 aromatic carbocycles. The van der Waals surface area contributed by atoms with Gasteiger partial charge in [-0.3, -0.25) is 4.79 Å². The van der Waals surface area contributed by atoms with E-state index < -0.39 is 0 Å². The fraction of sp³-hybridized carbons (Fsp3) is 0.211. The number of amides is 1. The first-order valence-corrected chi connectivity index (χ1v) is 10.2. The first-order valence-electron chi connectivity index (χ1n) is 8.51. The molecule has 0 bridgehead atoms. The number of nitrogen functional groups attached to an aromatic ring is 1. The Morgan fingerprint density at radius 3 is 2.77 bits per heavy atom. The summed E-state index contributed by atoms with van der Waals surface area (Å²) in [5, 5.41) is 9.48. The monoisotopic (exact) mass is 384 g/mol. The molecular weight excluding hydrogens is 364 g/mol. The van der Waals surface area contributed by atoms with Gasteiger partial charge in [0.25, 0.3) is 5.91 Å². The van der Waals surface area contributed by atoms with E-state index in [1.165, 1.54) is 11.3 Å². The number of rotatable bonds is 4. The Kier molecular flexibility index (Phi) is 4.92. The van der Waals surface area contributed by atoms with Gasteiger partial charge in [0.05, 0.1) is 21.3 Å². The molecule has 1 saturated heterocycles. The van der Waals surface area contributed by atoms with Gasteiger partial charge in [0, 0.05) is 31.1 Å². The predicted octanol–water partition coefficient (Wildman–Crippen LogP) is 3.72. The minimum absolute atomic E-state index is 0.119. The number of hydrogen-bond acceptors (Lipinski definition) is 6. The first-order chi connectivity index (χ1) is 12.7. The van der Waals surface area contributed by atoms with Crippen LogP contribution in [0.3, 0.4) is 0 Å². The van der Waals surface area contributed by atoms with Gasteiger partial charge < -0.3 is 21.3 Å². The number of piperazine rings is 1. The van der Waals surface area contributed by atoms with E-state index in [1.807, 2.05) is 41.8 Å². The van der Waals surface area contributed by atoms with Crippen molar-refractivity contribution >= 4 is 45.0 Å². The predicted molar refractivity (Wildman–Crippen MR) is 112 cm³/mol. The number of anilines is 3.